The molecule has 0 spiro atoms. The topological polar surface area (TPSA) is 90.3 Å². The molecule has 0 saturated carbocycles. The molecule has 0 aliphatic heterocycles. The van der Waals surface area contributed by atoms with Gasteiger partial charge in [0.15, 0.2) is 10.8 Å². The molecule has 2 rings (SSSR count). The van der Waals surface area contributed by atoms with Crippen LogP contribution in [0.4, 0.5) is 0 Å². The van der Waals surface area contributed by atoms with E-state index >= 15 is 0 Å². The van der Waals surface area contributed by atoms with E-state index < -0.39 is 10.0 Å². The Kier molecular flexibility index (Phi) is 4.39. The summed E-state index contributed by atoms with van der Waals surface area (Å²) in [7, 11) is -0.596. The van der Waals surface area contributed by atoms with Crippen LogP contribution in [-0.2, 0) is 17.1 Å². The van der Waals surface area contributed by atoms with Crippen molar-refractivity contribution >= 4 is 15.8 Å². The van der Waals surface area contributed by atoms with Crippen molar-refractivity contribution in [3.8, 4) is 5.75 Å². The van der Waals surface area contributed by atoms with E-state index in [1.165, 1.54) is 24.2 Å². The molecule has 0 fully saturated rings. The highest BCUT2D eigenvalue weighted by molar-refractivity contribution is 7.89. The third-order valence-electron chi connectivity index (χ3n) is 2.79. The smallest absolute Gasteiger partial charge is 0.259 e. The Morgan fingerprint density at radius 3 is 2.52 bits per heavy atom. The molecule has 0 atom stereocenters. The van der Waals surface area contributed by atoms with Crippen molar-refractivity contribution in [1.82, 2.24) is 14.3 Å². The van der Waals surface area contributed by atoms with Crippen molar-refractivity contribution < 1.29 is 17.9 Å². The Balaban J connectivity index is 2.03. The lowest BCUT2D eigenvalue weighted by atomic mass is 10.1. The number of benzene rings is 1. The van der Waals surface area contributed by atoms with Crippen molar-refractivity contribution in [2.75, 3.05) is 13.7 Å². The van der Waals surface area contributed by atoms with Crippen molar-refractivity contribution in [1.29, 1.82) is 0 Å². The summed E-state index contributed by atoms with van der Waals surface area (Å²) in [5.41, 5.74) is 0.402. The summed E-state index contributed by atoms with van der Waals surface area (Å²) in [6, 6.07) is 6.44. The van der Waals surface area contributed by atoms with Gasteiger partial charge in [-0.1, -0.05) is 0 Å². The van der Waals surface area contributed by atoms with Gasteiger partial charge in [-0.15, -0.1) is 0 Å². The minimum absolute atomic E-state index is 0.118. The van der Waals surface area contributed by atoms with E-state index in [1.807, 2.05) is 0 Å². The predicted octanol–water partition coefficient (Wildman–Crippen LogP) is 0.590. The van der Waals surface area contributed by atoms with Gasteiger partial charge in [0.1, 0.15) is 5.75 Å². The molecule has 21 heavy (non-hydrogen) atoms. The fourth-order valence-corrected chi connectivity index (χ4v) is 2.60. The largest absolute Gasteiger partial charge is 0.497 e. The molecule has 2 aromatic rings. The Morgan fingerprint density at radius 1 is 1.33 bits per heavy atom. The predicted molar refractivity (Wildman–Crippen MR) is 75.7 cm³/mol. The quantitative estimate of drug-likeness (QED) is 0.789. The number of hydrogen-bond donors (Lipinski definition) is 1. The van der Waals surface area contributed by atoms with Gasteiger partial charge in [-0.3, -0.25) is 4.79 Å². The van der Waals surface area contributed by atoms with Crippen LogP contribution in [0.5, 0.6) is 5.75 Å². The first-order chi connectivity index (χ1) is 9.92. The van der Waals surface area contributed by atoms with Crippen LogP contribution >= 0.6 is 0 Å². The number of nitrogens with zero attached hydrogens (tertiary/aromatic N) is 2. The van der Waals surface area contributed by atoms with Gasteiger partial charge in [-0.2, -0.15) is 0 Å². The van der Waals surface area contributed by atoms with Crippen molar-refractivity contribution in [2.45, 2.75) is 5.03 Å². The Labute approximate surface area is 122 Å². The lowest BCUT2D eigenvalue weighted by Crippen LogP contribution is -2.29. The first-order valence-corrected chi connectivity index (χ1v) is 7.55. The highest BCUT2D eigenvalue weighted by atomic mass is 32.2. The van der Waals surface area contributed by atoms with Crippen LogP contribution in [0.15, 0.2) is 41.8 Å². The van der Waals surface area contributed by atoms with Gasteiger partial charge in [0.25, 0.3) is 10.0 Å². The fraction of sp³-hybridized carbons (Fsp3) is 0.231. The Bertz CT molecular complexity index is 735. The maximum Gasteiger partial charge on any atom is 0.259 e. The second-order valence-electron chi connectivity index (χ2n) is 4.35. The SMILES string of the molecule is COc1ccc(C(=O)CNS(=O)(=O)c2cn(C)cn2)cc1. The fourth-order valence-electron chi connectivity index (χ4n) is 1.64. The lowest BCUT2D eigenvalue weighted by molar-refractivity contribution is 0.0997. The molecule has 0 saturated heterocycles. The number of rotatable bonds is 6. The number of sulfonamides is 1. The van der Waals surface area contributed by atoms with Gasteiger partial charge >= 0.3 is 0 Å². The van der Waals surface area contributed by atoms with Crippen LogP contribution in [0.3, 0.4) is 0 Å². The number of aromatic nitrogens is 2. The summed E-state index contributed by atoms with van der Waals surface area (Å²) in [6.07, 6.45) is 2.74. The van der Waals surface area contributed by atoms with E-state index in [1.54, 1.807) is 31.3 Å². The number of nitrogens with one attached hydrogen (secondary N) is 1. The van der Waals surface area contributed by atoms with E-state index in [2.05, 4.69) is 9.71 Å². The van der Waals surface area contributed by atoms with Crippen molar-refractivity contribution in [2.24, 2.45) is 7.05 Å². The number of Topliss-reactive ketones (excluding diaryl/α,β-unsaturated/α-hetero) is 1. The van der Waals surface area contributed by atoms with Crippen LogP contribution < -0.4 is 9.46 Å². The molecule has 0 bridgehead atoms. The molecule has 0 aliphatic carbocycles. The summed E-state index contributed by atoms with van der Waals surface area (Å²) in [5, 5.41) is -0.118. The molecule has 8 heteroatoms. The lowest BCUT2D eigenvalue weighted by Gasteiger charge is -2.05. The second kappa shape index (κ2) is 6.06. The average molecular weight is 309 g/mol. The van der Waals surface area contributed by atoms with Crippen LogP contribution in [0.25, 0.3) is 0 Å². The molecule has 1 aromatic carbocycles. The van der Waals surface area contributed by atoms with E-state index in [0.717, 1.165) is 0 Å². The summed E-state index contributed by atoms with van der Waals surface area (Å²) < 4.78 is 32.6. The maximum absolute atomic E-state index is 11.9. The van der Waals surface area contributed by atoms with E-state index in [-0.39, 0.29) is 17.4 Å². The number of methoxy groups -OCH3 is 1. The van der Waals surface area contributed by atoms with Crippen LogP contribution in [-0.4, -0.2) is 37.4 Å². The van der Waals surface area contributed by atoms with E-state index in [4.69, 9.17) is 4.74 Å². The summed E-state index contributed by atoms with van der Waals surface area (Å²) in [6.45, 7) is -0.328. The van der Waals surface area contributed by atoms with E-state index in [0.29, 0.717) is 11.3 Å². The molecular weight excluding hydrogens is 294 g/mol. The average Bonchev–Trinajstić information content (AvgIpc) is 2.92. The molecule has 0 aliphatic rings. The standard InChI is InChI=1S/C13H15N3O4S/c1-16-8-13(14-9-16)21(18,19)15-7-12(17)10-3-5-11(20-2)6-4-10/h3-6,8-9,15H,7H2,1-2H3. The summed E-state index contributed by atoms with van der Waals surface area (Å²) in [4.78, 5) is 15.7. The number of imidazole rings is 1. The van der Waals surface area contributed by atoms with Gasteiger partial charge in [0.2, 0.25) is 0 Å². The van der Waals surface area contributed by atoms with E-state index in [9.17, 15) is 13.2 Å². The zero-order valence-corrected chi connectivity index (χ0v) is 12.4. The maximum atomic E-state index is 11.9. The van der Waals surface area contributed by atoms with Gasteiger partial charge in [-0.25, -0.2) is 18.1 Å². The molecule has 0 radical (unpaired) electrons. The first kappa shape index (κ1) is 15.2. The van der Waals surface area contributed by atoms with Crippen LogP contribution in [0, 0.1) is 0 Å². The molecule has 112 valence electrons. The molecule has 1 aromatic heterocycles. The van der Waals surface area contributed by atoms with Gasteiger partial charge in [0, 0.05) is 18.8 Å². The Hall–Kier alpha value is -2.19. The third kappa shape index (κ3) is 3.67. The van der Waals surface area contributed by atoms with Crippen molar-refractivity contribution in [3.05, 3.63) is 42.4 Å². The zero-order chi connectivity index (χ0) is 15.5. The van der Waals surface area contributed by atoms with Crippen LogP contribution in [0.2, 0.25) is 0 Å². The number of ketones is 1. The highest BCUT2D eigenvalue weighted by Crippen LogP contribution is 2.12. The monoisotopic (exact) mass is 309 g/mol. The van der Waals surface area contributed by atoms with Gasteiger partial charge in [0.05, 0.1) is 20.0 Å². The normalized spacial score (nSPS) is 11.3. The number of hydrogen-bond acceptors (Lipinski definition) is 5. The first-order valence-electron chi connectivity index (χ1n) is 6.07. The highest BCUT2D eigenvalue weighted by Gasteiger charge is 2.18. The van der Waals surface area contributed by atoms with Crippen LogP contribution in [0.1, 0.15) is 10.4 Å². The molecule has 0 amide bonds. The molecule has 1 N–H and O–H groups in total. The van der Waals surface area contributed by atoms with Gasteiger partial charge in [-0.05, 0) is 24.3 Å². The Morgan fingerprint density at radius 2 is 2.00 bits per heavy atom. The number of carbonyl (C=O) groups is 1. The summed E-state index contributed by atoms with van der Waals surface area (Å²) in [5.74, 6) is 0.290. The minimum Gasteiger partial charge on any atom is -0.497 e. The minimum atomic E-state index is -3.78. The van der Waals surface area contributed by atoms with Crippen molar-refractivity contribution in [3.63, 3.8) is 0 Å². The van der Waals surface area contributed by atoms with Gasteiger partial charge < -0.3 is 9.30 Å². The third-order valence-corrected chi connectivity index (χ3v) is 4.08. The summed E-state index contributed by atoms with van der Waals surface area (Å²) >= 11 is 0. The second-order valence-corrected chi connectivity index (χ2v) is 6.07. The zero-order valence-electron chi connectivity index (χ0n) is 11.6. The number of carbonyl (C=O) groups excluding carboxylic acids is 1. The number of aryl methyl sites for hydroxylation is 1. The molecular formula is C13H15N3O4S. The molecule has 1 heterocycles. The number of ether oxygens (including phenoxy) is 1. The molecule has 7 nitrogen and oxygen atoms in total. The molecule has 0 unspecified atom stereocenters.